The number of carbonyl (C=O) groups is 1. The Bertz CT molecular complexity index is 824. The molecule has 21 heavy (non-hydrogen) atoms. The number of carbonyl (C=O) groups excluding carboxylic acids is 1. The first kappa shape index (κ1) is 13.2. The SMILES string of the molecule is Cc1cc2cc(NC(=O)C=Cc3ccc(C)o3)ccc2[nH]1. The van der Waals surface area contributed by atoms with Gasteiger partial charge in [-0.25, -0.2) is 0 Å². The maximum atomic E-state index is 11.9. The number of anilines is 1. The summed E-state index contributed by atoms with van der Waals surface area (Å²) in [5.41, 5.74) is 2.93. The highest BCUT2D eigenvalue weighted by atomic mass is 16.3. The number of aryl methyl sites for hydroxylation is 2. The van der Waals surface area contributed by atoms with Gasteiger partial charge in [0, 0.05) is 28.4 Å². The zero-order valence-electron chi connectivity index (χ0n) is 11.9. The Morgan fingerprint density at radius 3 is 2.81 bits per heavy atom. The van der Waals surface area contributed by atoms with Crippen LogP contribution in [-0.4, -0.2) is 10.9 Å². The van der Waals surface area contributed by atoms with E-state index >= 15 is 0 Å². The molecule has 0 saturated heterocycles. The molecule has 0 saturated carbocycles. The number of furan rings is 1. The maximum absolute atomic E-state index is 11.9. The van der Waals surface area contributed by atoms with Crippen molar-refractivity contribution >= 4 is 28.6 Å². The average Bonchev–Trinajstić information content (AvgIpc) is 3.01. The van der Waals surface area contributed by atoms with Crippen LogP contribution in [0, 0.1) is 13.8 Å². The van der Waals surface area contributed by atoms with E-state index in [1.807, 2.05) is 50.2 Å². The zero-order valence-corrected chi connectivity index (χ0v) is 11.9. The van der Waals surface area contributed by atoms with Crippen LogP contribution in [0.4, 0.5) is 5.69 Å². The van der Waals surface area contributed by atoms with Crippen molar-refractivity contribution < 1.29 is 9.21 Å². The van der Waals surface area contributed by atoms with E-state index in [-0.39, 0.29) is 5.91 Å². The lowest BCUT2D eigenvalue weighted by Gasteiger charge is -2.01. The van der Waals surface area contributed by atoms with E-state index in [1.165, 1.54) is 6.08 Å². The minimum atomic E-state index is -0.185. The molecule has 0 bridgehead atoms. The Kier molecular flexibility index (Phi) is 3.36. The minimum Gasteiger partial charge on any atom is -0.462 e. The lowest BCUT2D eigenvalue weighted by Crippen LogP contribution is -2.07. The zero-order chi connectivity index (χ0) is 14.8. The van der Waals surface area contributed by atoms with Crippen LogP contribution in [0.1, 0.15) is 17.2 Å². The summed E-state index contributed by atoms with van der Waals surface area (Å²) in [6.45, 7) is 3.87. The standard InChI is InChI=1S/C17H16N2O2/c1-11-9-13-10-14(4-7-16(13)18-11)19-17(20)8-6-15-5-3-12(2)21-15/h3-10,18H,1-2H3,(H,19,20). The third-order valence-corrected chi connectivity index (χ3v) is 3.18. The molecular weight excluding hydrogens is 264 g/mol. The molecule has 1 amide bonds. The first-order valence-corrected chi connectivity index (χ1v) is 6.75. The molecule has 1 aromatic carbocycles. The number of nitrogens with one attached hydrogen (secondary N) is 2. The fourth-order valence-corrected chi connectivity index (χ4v) is 2.24. The predicted molar refractivity (Wildman–Crippen MR) is 84.1 cm³/mol. The number of aromatic nitrogens is 1. The van der Waals surface area contributed by atoms with Crippen molar-refractivity contribution in [3.8, 4) is 0 Å². The van der Waals surface area contributed by atoms with Gasteiger partial charge in [-0.05, 0) is 56.3 Å². The van der Waals surface area contributed by atoms with Gasteiger partial charge >= 0.3 is 0 Å². The fraction of sp³-hybridized carbons (Fsp3) is 0.118. The molecule has 0 aliphatic carbocycles. The molecule has 0 fully saturated rings. The molecule has 3 aromatic rings. The first-order chi connectivity index (χ1) is 10.1. The Balaban J connectivity index is 1.72. The van der Waals surface area contributed by atoms with E-state index in [9.17, 15) is 4.79 Å². The lowest BCUT2D eigenvalue weighted by atomic mass is 10.2. The molecule has 2 heterocycles. The van der Waals surface area contributed by atoms with E-state index < -0.39 is 0 Å². The van der Waals surface area contributed by atoms with E-state index in [0.717, 1.165) is 28.0 Å². The van der Waals surface area contributed by atoms with E-state index in [1.54, 1.807) is 6.08 Å². The molecule has 0 spiro atoms. The number of benzene rings is 1. The molecule has 106 valence electrons. The van der Waals surface area contributed by atoms with E-state index in [0.29, 0.717) is 5.76 Å². The quantitative estimate of drug-likeness (QED) is 0.712. The van der Waals surface area contributed by atoms with Crippen LogP contribution in [0.15, 0.2) is 46.9 Å². The number of hydrogen-bond donors (Lipinski definition) is 2. The lowest BCUT2D eigenvalue weighted by molar-refractivity contribution is -0.111. The number of aromatic amines is 1. The Hall–Kier alpha value is -2.75. The monoisotopic (exact) mass is 280 g/mol. The summed E-state index contributed by atoms with van der Waals surface area (Å²) in [5.74, 6) is 1.30. The summed E-state index contributed by atoms with van der Waals surface area (Å²) in [6.07, 6.45) is 3.12. The molecule has 0 atom stereocenters. The fourth-order valence-electron chi connectivity index (χ4n) is 2.24. The van der Waals surface area contributed by atoms with Crippen molar-refractivity contribution in [1.82, 2.24) is 4.98 Å². The molecule has 0 unspecified atom stereocenters. The maximum Gasteiger partial charge on any atom is 0.248 e. The second-order valence-corrected chi connectivity index (χ2v) is 5.03. The van der Waals surface area contributed by atoms with Crippen LogP contribution >= 0.6 is 0 Å². The topological polar surface area (TPSA) is 58.0 Å². The van der Waals surface area contributed by atoms with Crippen LogP contribution in [0.3, 0.4) is 0 Å². The highest BCUT2D eigenvalue weighted by molar-refractivity contribution is 6.02. The number of amides is 1. The van der Waals surface area contributed by atoms with Crippen molar-refractivity contribution in [2.45, 2.75) is 13.8 Å². The Labute approximate surface area is 122 Å². The molecule has 4 nitrogen and oxygen atoms in total. The third-order valence-electron chi connectivity index (χ3n) is 3.18. The summed E-state index contributed by atoms with van der Waals surface area (Å²) in [4.78, 5) is 15.1. The van der Waals surface area contributed by atoms with Gasteiger partial charge in [0.15, 0.2) is 0 Å². The van der Waals surface area contributed by atoms with Gasteiger partial charge in [0.05, 0.1) is 0 Å². The van der Waals surface area contributed by atoms with Gasteiger partial charge in [0.1, 0.15) is 11.5 Å². The normalized spacial score (nSPS) is 11.3. The minimum absolute atomic E-state index is 0.185. The van der Waals surface area contributed by atoms with Crippen molar-refractivity contribution in [2.24, 2.45) is 0 Å². The molecule has 0 radical (unpaired) electrons. The second kappa shape index (κ2) is 5.32. The molecule has 3 rings (SSSR count). The van der Waals surface area contributed by atoms with Gasteiger partial charge < -0.3 is 14.7 Å². The Morgan fingerprint density at radius 2 is 2.05 bits per heavy atom. The summed E-state index contributed by atoms with van der Waals surface area (Å²) in [7, 11) is 0. The number of H-pyrrole nitrogens is 1. The number of rotatable bonds is 3. The predicted octanol–water partition coefficient (Wildman–Crippen LogP) is 4.03. The number of fused-ring (bicyclic) bond motifs is 1. The van der Waals surface area contributed by atoms with Crippen LogP contribution < -0.4 is 5.32 Å². The van der Waals surface area contributed by atoms with Gasteiger partial charge in [0.2, 0.25) is 5.91 Å². The summed E-state index contributed by atoms with van der Waals surface area (Å²) in [6, 6.07) is 11.5. The average molecular weight is 280 g/mol. The van der Waals surface area contributed by atoms with Gasteiger partial charge in [0.25, 0.3) is 0 Å². The van der Waals surface area contributed by atoms with E-state index in [2.05, 4.69) is 10.3 Å². The van der Waals surface area contributed by atoms with Crippen molar-refractivity contribution in [3.05, 3.63) is 59.7 Å². The summed E-state index contributed by atoms with van der Waals surface area (Å²) >= 11 is 0. The van der Waals surface area contributed by atoms with Gasteiger partial charge in [-0.2, -0.15) is 0 Å². The molecule has 0 aliphatic heterocycles. The molecule has 2 N–H and O–H groups in total. The van der Waals surface area contributed by atoms with Crippen LogP contribution in [0.2, 0.25) is 0 Å². The van der Waals surface area contributed by atoms with Crippen molar-refractivity contribution in [1.29, 1.82) is 0 Å². The molecular formula is C17H16N2O2. The van der Waals surface area contributed by atoms with Crippen LogP contribution in [0.5, 0.6) is 0 Å². The van der Waals surface area contributed by atoms with Crippen LogP contribution in [0.25, 0.3) is 17.0 Å². The summed E-state index contributed by atoms with van der Waals surface area (Å²) < 4.78 is 5.37. The summed E-state index contributed by atoms with van der Waals surface area (Å²) in [5, 5.41) is 3.92. The Morgan fingerprint density at radius 1 is 1.19 bits per heavy atom. The smallest absolute Gasteiger partial charge is 0.248 e. The largest absolute Gasteiger partial charge is 0.462 e. The molecule has 2 aromatic heterocycles. The van der Waals surface area contributed by atoms with Gasteiger partial charge in [-0.1, -0.05) is 0 Å². The number of hydrogen-bond acceptors (Lipinski definition) is 2. The third kappa shape index (κ3) is 3.05. The highest BCUT2D eigenvalue weighted by Gasteiger charge is 2.02. The first-order valence-electron chi connectivity index (χ1n) is 6.75. The molecule has 4 heteroatoms. The second-order valence-electron chi connectivity index (χ2n) is 5.03. The van der Waals surface area contributed by atoms with Gasteiger partial charge in [-0.15, -0.1) is 0 Å². The molecule has 0 aliphatic rings. The van der Waals surface area contributed by atoms with Crippen molar-refractivity contribution in [3.63, 3.8) is 0 Å². The highest BCUT2D eigenvalue weighted by Crippen LogP contribution is 2.19. The van der Waals surface area contributed by atoms with Gasteiger partial charge in [-0.3, -0.25) is 4.79 Å². The van der Waals surface area contributed by atoms with Crippen molar-refractivity contribution in [2.75, 3.05) is 5.32 Å². The van der Waals surface area contributed by atoms with Crippen LogP contribution in [-0.2, 0) is 4.79 Å². The van der Waals surface area contributed by atoms with E-state index in [4.69, 9.17) is 4.42 Å².